The van der Waals surface area contributed by atoms with Gasteiger partial charge in [-0.1, -0.05) is 103 Å². The molecule has 1 saturated carbocycles. The third kappa shape index (κ3) is 5.40. The zero-order chi connectivity index (χ0) is 31.7. The highest BCUT2D eigenvalue weighted by atomic mass is 16.5. The molecule has 1 aliphatic carbocycles. The summed E-state index contributed by atoms with van der Waals surface area (Å²) in [6.07, 6.45) is 4.82. The van der Waals surface area contributed by atoms with Gasteiger partial charge in [0.1, 0.15) is 5.82 Å². The molecule has 3 aromatic heterocycles. The molecule has 0 amide bonds. The van der Waals surface area contributed by atoms with E-state index in [0.717, 1.165) is 53.8 Å². The van der Waals surface area contributed by atoms with Gasteiger partial charge in [0.2, 0.25) is 5.89 Å². The van der Waals surface area contributed by atoms with E-state index in [9.17, 15) is 9.59 Å². The molecule has 10 nitrogen and oxygen atoms in total. The SMILES string of the molecule is CCCc1nc(C)c(Cc2nc(C3(c4ccccc4)CCC3)no2)c(=O)n1Cc1ccc(-c2ccccc2-c2noc(=O)[nH]2)cc1. The lowest BCUT2D eigenvalue weighted by Gasteiger charge is -2.39. The van der Waals surface area contributed by atoms with Crippen molar-refractivity contribution in [2.75, 3.05) is 0 Å². The van der Waals surface area contributed by atoms with Crippen molar-refractivity contribution in [1.82, 2.24) is 29.8 Å². The fraction of sp³-hybridized carbons (Fsp3) is 0.278. The third-order valence-corrected chi connectivity index (χ3v) is 9.01. The van der Waals surface area contributed by atoms with Crippen LogP contribution in [0.25, 0.3) is 22.5 Å². The molecule has 7 rings (SSSR count). The van der Waals surface area contributed by atoms with Crippen LogP contribution in [0.2, 0.25) is 0 Å². The lowest BCUT2D eigenvalue weighted by atomic mass is 9.64. The first-order valence-electron chi connectivity index (χ1n) is 15.7. The number of hydrogen-bond acceptors (Lipinski definition) is 8. The van der Waals surface area contributed by atoms with E-state index >= 15 is 0 Å². The molecule has 0 aliphatic heterocycles. The van der Waals surface area contributed by atoms with E-state index < -0.39 is 5.76 Å². The second kappa shape index (κ2) is 12.2. The second-order valence-electron chi connectivity index (χ2n) is 11.9. The molecule has 46 heavy (non-hydrogen) atoms. The molecule has 0 unspecified atom stereocenters. The van der Waals surface area contributed by atoms with Crippen molar-refractivity contribution in [3.05, 3.63) is 140 Å². The normalized spacial score (nSPS) is 13.9. The van der Waals surface area contributed by atoms with Crippen LogP contribution in [-0.4, -0.2) is 29.8 Å². The van der Waals surface area contributed by atoms with Crippen LogP contribution in [0.4, 0.5) is 0 Å². The maximum Gasteiger partial charge on any atom is 0.439 e. The Balaban J connectivity index is 1.17. The van der Waals surface area contributed by atoms with Crippen LogP contribution >= 0.6 is 0 Å². The molecule has 0 spiro atoms. The Morgan fingerprint density at radius 3 is 2.28 bits per heavy atom. The predicted molar refractivity (Wildman–Crippen MR) is 173 cm³/mol. The number of nitrogens with one attached hydrogen (secondary N) is 1. The zero-order valence-electron chi connectivity index (χ0n) is 25.8. The maximum absolute atomic E-state index is 14.1. The Hall–Kier alpha value is -5.38. The van der Waals surface area contributed by atoms with E-state index in [0.29, 0.717) is 41.8 Å². The van der Waals surface area contributed by atoms with Crippen molar-refractivity contribution in [3.63, 3.8) is 0 Å². The van der Waals surface area contributed by atoms with Crippen molar-refractivity contribution in [2.24, 2.45) is 0 Å². The molecule has 1 aliphatic rings. The van der Waals surface area contributed by atoms with E-state index in [1.54, 1.807) is 4.57 Å². The van der Waals surface area contributed by atoms with Crippen molar-refractivity contribution in [3.8, 4) is 22.5 Å². The van der Waals surface area contributed by atoms with Gasteiger partial charge < -0.3 is 4.52 Å². The minimum Gasteiger partial charge on any atom is -0.339 e. The molecular formula is C36H34N6O4. The Labute approximate surface area is 265 Å². The van der Waals surface area contributed by atoms with Crippen LogP contribution in [0.15, 0.2) is 97.5 Å². The Morgan fingerprint density at radius 1 is 0.870 bits per heavy atom. The van der Waals surface area contributed by atoms with Crippen LogP contribution in [0, 0.1) is 6.92 Å². The quantitative estimate of drug-likeness (QED) is 0.199. The third-order valence-electron chi connectivity index (χ3n) is 9.01. The van der Waals surface area contributed by atoms with Gasteiger partial charge in [-0.3, -0.25) is 18.9 Å². The van der Waals surface area contributed by atoms with Crippen LogP contribution in [0.5, 0.6) is 0 Å². The predicted octanol–water partition coefficient (Wildman–Crippen LogP) is 6.01. The number of nitrogens with zero attached hydrogens (tertiary/aromatic N) is 5. The van der Waals surface area contributed by atoms with Crippen molar-refractivity contribution in [2.45, 2.75) is 64.3 Å². The number of aromatic amines is 1. The molecule has 0 radical (unpaired) electrons. The molecule has 6 aromatic rings. The fourth-order valence-electron chi connectivity index (χ4n) is 6.40. The number of aromatic nitrogens is 6. The molecule has 3 heterocycles. The molecule has 0 bridgehead atoms. The summed E-state index contributed by atoms with van der Waals surface area (Å²) in [5, 5.41) is 8.26. The summed E-state index contributed by atoms with van der Waals surface area (Å²) in [5.74, 6) is 1.63. The summed E-state index contributed by atoms with van der Waals surface area (Å²) >= 11 is 0. The topological polar surface area (TPSA) is 133 Å². The van der Waals surface area contributed by atoms with Gasteiger partial charge in [0, 0.05) is 23.2 Å². The Morgan fingerprint density at radius 2 is 1.61 bits per heavy atom. The molecule has 1 N–H and O–H groups in total. The largest absolute Gasteiger partial charge is 0.439 e. The zero-order valence-corrected chi connectivity index (χ0v) is 25.8. The highest BCUT2D eigenvalue weighted by Crippen LogP contribution is 2.47. The molecule has 1 fully saturated rings. The van der Waals surface area contributed by atoms with Crippen molar-refractivity contribution >= 4 is 0 Å². The van der Waals surface area contributed by atoms with E-state index in [1.165, 1.54) is 5.56 Å². The lowest BCUT2D eigenvalue weighted by Crippen LogP contribution is -2.36. The van der Waals surface area contributed by atoms with Gasteiger partial charge in [0.15, 0.2) is 11.6 Å². The number of H-pyrrole nitrogens is 1. The van der Waals surface area contributed by atoms with Gasteiger partial charge in [0.05, 0.1) is 18.4 Å². The first kappa shape index (κ1) is 29.3. The minimum atomic E-state index is -0.603. The summed E-state index contributed by atoms with van der Waals surface area (Å²) in [7, 11) is 0. The van der Waals surface area contributed by atoms with Gasteiger partial charge in [-0.15, -0.1) is 0 Å². The summed E-state index contributed by atoms with van der Waals surface area (Å²) < 4.78 is 12.2. The minimum absolute atomic E-state index is 0.0958. The number of benzene rings is 3. The first-order valence-corrected chi connectivity index (χ1v) is 15.7. The monoisotopic (exact) mass is 614 g/mol. The maximum atomic E-state index is 14.1. The van der Waals surface area contributed by atoms with E-state index in [-0.39, 0.29) is 17.4 Å². The average molecular weight is 615 g/mol. The molecule has 3 aromatic carbocycles. The van der Waals surface area contributed by atoms with Gasteiger partial charge in [-0.2, -0.15) is 4.98 Å². The van der Waals surface area contributed by atoms with Crippen LogP contribution in [0.1, 0.15) is 72.5 Å². The Kier molecular flexibility index (Phi) is 7.78. The molecule has 0 atom stereocenters. The van der Waals surface area contributed by atoms with Gasteiger partial charge in [-0.25, -0.2) is 9.78 Å². The lowest BCUT2D eigenvalue weighted by molar-refractivity contribution is 0.271. The number of rotatable bonds is 10. The highest BCUT2D eigenvalue weighted by Gasteiger charge is 2.44. The first-order chi connectivity index (χ1) is 22.4. The fourth-order valence-corrected chi connectivity index (χ4v) is 6.40. The van der Waals surface area contributed by atoms with Crippen molar-refractivity contribution in [1.29, 1.82) is 0 Å². The van der Waals surface area contributed by atoms with Gasteiger partial charge >= 0.3 is 5.76 Å². The number of aryl methyl sites for hydroxylation is 2. The van der Waals surface area contributed by atoms with Crippen LogP contribution in [0.3, 0.4) is 0 Å². The summed E-state index contributed by atoms with van der Waals surface area (Å²) in [6.45, 7) is 4.33. The van der Waals surface area contributed by atoms with Crippen LogP contribution < -0.4 is 11.3 Å². The molecular weight excluding hydrogens is 580 g/mol. The smallest absolute Gasteiger partial charge is 0.339 e. The number of hydrogen-bond donors (Lipinski definition) is 1. The van der Waals surface area contributed by atoms with Crippen molar-refractivity contribution < 1.29 is 9.05 Å². The molecule has 10 heteroatoms. The summed E-state index contributed by atoms with van der Waals surface area (Å²) in [4.78, 5) is 38.0. The van der Waals surface area contributed by atoms with E-state index in [4.69, 9.17) is 19.0 Å². The molecule has 0 saturated heterocycles. The van der Waals surface area contributed by atoms with Crippen LogP contribution in [-0.2, 0) is 24.8 Å². The highest BCUT2D eigenvalue weighted by molar-refractivity contribution is 5.80. The Bertz CT molecular complexity index is 2100. The van der Waals surface area contributed by atoms with Gasteiger partial charge in [0.25, 0.3) is 5.56 Å². The second-order valence-corrected chi connectivity index (χ2v) is 11.9. The molecule has 232 valence electrons. The average Bonchev–Trinajstić information content (AvgIpc) is 3.71. The standard InChI is InChI=1S/C36H34N6O4/c1-3-10-30-37-23(2)29(21-31-38-34(41-45-31)36(19-9-20-36)26-11-5-4-6-12-26)33(43)42(30)22-24-15-17-25(18-16-24)27-13-7-8-14-28(27)32-39-35(44)46-40-32/h4-8,11-18H,3,9-10,19-22H2,1-2H3,(H,39,40,44). The summed E-state index contributed by atoms with van der Waals surface area (Å²) in [5.41, 5.74) is 5.67. The van der Waals surface area contributed by atoms with E-state index in [1.807, 2.05) is 73.7 Å². The summed E-state index contributed by atoms with van der Waals surface area (Å²) in [6, 6.07) is 26.0. The van der Waals surface area contributed by atoms with Gasteiger partial charge in [-0.05, 0) is 48.4 Å². The van der Waals surface area contributed by atoms with E-state index in [2.05, 4.69) is 34.4 Å².